The highest BCUT2D eigenvalue weighted by Crippen LogP contribution is 2.43. The standard InChI is InChI=1S/C16H14ClNO6S/c1-24-11-5-2-9(3-6-11)15(14(19)16(20)21)25-13-8-10(17)4-7-12(13)18(22)23/h2-8,14-15,19H,1H3,(H,20,21)/t14-,15-/m1/s1. The molecule has 2 aromatic rings. The second-order valence-electron chi connectivity index (χ2n) is 4.96. The topological polar surface area (TPSA) is 110 Å². The smallest absolute Gasteiger partial charge is 0.334 e. The lowest BCUT2D eigenvalue weighted by atomic mass is 10.1. The van der Waals surface area contributed by atoms with Crippen LogP contribution < -0.4 is 4.74 Å². The Labute approximate surface area is 152 Å². The van der Waals surface area contributed by atoms with Gasteiger partial charge in [0.15, 0.2) is 6.10 Å². The summed E-state index contributed by atoms with van der Waals surface area (Å²) in [5.74, 6) is -0.871. The van der Waals surface area contributed by atoms with Crippen molar-refractivity contribution in [1.29, 1.82) is 0 Å². The molecule has 7 nitrogen and oxygen atoms in total. The predicted octanol–water partition coefficient (Wildman–Crippen LogP) is 3.54. The number of aliphatic carboxylic acids is 1. The van der Waals surface area contributed by atoms with Gasteiger partial charge in [0.1, 0.15) is 5.75 Å². The van der Waals surface area contributed by atoms with Crippen molar-refractivity contribution in [3.63, 3.8) is 0 Å². The Morgan fingerprint density at radius 3 is 2.44 bits per heavy atom. The number of thioether (sulfide) groups is 1. The number of aliphatic hydroxyl groups excluding tert-OH is 1. The predicted molar refractivity (Wildman–Crippen MR) is 93.3 cm³/mol. The molecule has 0 unspecified atom stereocenters. The van der Waals surface area contributed by atoms with Crippen LogP contribution in [0.25, 0.3) is 0 Å². The third-order valence-corrected chi connectivity index (χ3v) is 4.96. The number of hydrogen-bond donors (Lipinski definition) is 2. The van der Waals surface area contributed by atoms with Crippen molar-refractivity contribution in [1.82, 2.24) is 0 Å². The molecule has 0 radical (unpaired) electrons. The van der Waals surface area contributed by atoms with Crippen LogP contribution in [0.5, 0.6) is 5.75 Å². The van der Waals surface area contributed by atoms with Crippen LogP contribution >= 0.6 is 23.4 Å². The van der Waals surface area contributed by atoms with Crippen molar-refractivity contribution in [2.24, 2.45) is 0 Å². The molecule has 0 heterocycles. The van der Waals surface area contributed by atoms with E-state index in [-0.39, 0.29) is 15.6 Å². The Morgan fingerprint density at radius 2 is 1.92 bits per heavy atom. The summed E-state index contributed by atoms with van der Waals surface area (Å²) in [4.78, 5) is 22.0. The summed E-state index contributed by atoms with van der Waals surface area (Å²) < 4.78 is 5.05. The van der Waals surface area contributed by atoms with E-state index in [0.717, 1.165) is 11.8 Å². The summed E-state index contributed by atoms with van der Waals surface area (Å²) in [5, 5.41) is 29.7. The number of nitro groups is 1. The molecule has 0 saturated heterocycles. The summed E-state index contributed by atoms with van der Waals surface area (Å²) in [5.41, 5.74) is 0.264. The molecule has 25 heavy (non-hydrogen) atoms. The molecule has 2 rings (SSSR count). The average Bonchev–Trinajstić information content (AvgIpc) is 2.59. The molecule has 0 bridgehead atoms. The minimum atomic E-state index is -1.77. The van der Waals surface area contributed by atoms with Gasteiger partial charge in [0.05, 0.1) is 22.2 Å². The van der Waals surface area contributed by atoms with Gasteiger partial charge in [-0.2, -0.15) is 0 Å². The lowest BCUT2D eigenvalue weighted by Gasteiger charge is -2.20. The number of nitrogens with zero attached hydrogens (tertiary/aromatic N) is 1. The molecule has 0 aliphatic heterocycles. The quantitative estimate of drug-likeness (QED) is 0.427. The fraction of sp³-hybridized carbons (Fsp3) is 0.188. The third-order valence-electron chi connectivity index (χ3n) is 3.36. The zero-order valence-corrected chi connectivity index (χ0v) is 14.5. The van der Waals surface area contributed by atoms with Crippen LogP contribution in [-0.2, 0) is 4.79 Å². The first-order chi connectivity index (χ1) is 11.8. The lowest BCUT2D eigenvalue weighted by Crippen LogP contribution is -2.26. The maximum Gasteiger partial charge on any atom is 0.334 e. The number of methoxy groups -OCH3 is 1. The van der Waals surface area contributed by atoms with Gasteiger partial charge >= 0.3 is 5.97 Å². The van der Waals surface area contributed by atoms with Crippen LogP contribution in [0.15, 0.2) is 47.4 Å². The number of ether oxygens (including phenoxy) is 1. The molecule has 0 spiro atoms. The molecule has 0 aliphatic rings. The first-order valence-electron chi connectivity index (χ1n) is 6.99. The number of hydrogen-bond acceptors (Lipinski definition) is 6. The highest BCUT2D eigenvalue weighted by atomic mass is 35.5. The lowest BCUT2D eigenvalue weighted by molar-refractivity contribution is -0.387. The largest absolute Gasteiger partial charge is 0.497 e. The summed E-state index contributed by atoms with van der Waals surface area (Å²) in [6, 6.07) is 10.4. The molecule has 0 saturated carbocycles. The molecule has 2 atom stereocenters. The molecule has 0 fully saturated rings. The number of carboxylic acid groups (broad SMARTS) is 1. The van der Waals surface area contributed by atoms with Gasteiger partial charge in [-0.1, -0.05) is 23.7 Å². The Bertz CT molecular complexity index is 783. The van der Waals surface area contributed by atoms with E-state index < -0.39 is 22.2 Å². The average molecular weight is 384 g/mol. The van der Waals surface area contributed by atoms with Crippen LogP contribution in [0.2, 0.25) is 5.02 Å². The van der Waals surface area contributed by atoms with E-state index in [1.807, 2.05) is 0 Å². The van der Waals surface area contributed by atoms with Gasteiger partial charge in [-0.15, -0.1) is 11.8 Å². The molecule has 0 aromatic heterocycles. The van der Waals surface area contributed by atoms with Crippen molar-refractivity contribution in [3.8, 4) is 5.75 Å². The fourth-order valence-corrected chi connectivity index (χ4v) is 3.62. The van der Waals surface area contributed by atoms with E-state index in [1.54, 1.807) is 24.3 Å². The van der Waals surface area contributed by atoms with Gasteiger partial charge in [-0.25, -0.2) is 4.79 Å². The highest BCUT2D eigenvalue weighted by molar-refractivity contribution is 7.99. The molecule has 132 valence electrons. The number of aliphatic hydroxyl groups is 1. The van der Waals surface area contributed by atoms with E-state index in [4.69, 9.17) is 16.3 Å². The zero-order valence-electron chi connectivity index (χ0n) is 13.0. The van der Waals surface area contributed by atoms with Gasteiger partial charge in [0, 0.05) is 11.1 Å². The maximum absolute atomic E-state index is 11.3. The zero-order chi connectivity index (χ0) is 18.6. The Morgan fingerprint density at radius 1 is 1.28 bits per heavy atom. The van der Waals surface area contributed by atoms with Crippen LogP contribution in [0.4, 0.5) is 5.69 Å². The van der Waals surface area contributed by atoms with E-state index >= 15 is 0 Å². The SMILES string of the molecule is COc1ccc([C@@H](Sc2cc(Cl)ccc2[N+](=O)[O-])[C@@H](O)C(=O)O)cc1. The Hall–Kier alpha value is -2.29. The number of carbonyl (C=O) groups is 1. The number of nitro benzene ring substituents is 1. The number of carboxylic acids is 1. The van der Waals surface area contributed by atoms with Gasteiger partial charge in [-0.3, -0.25) is 10.1 Å². The van der Waals surface area contributed by atoms with Crippen molar-refractivity contribution < 1.29 is 24.7 Å². The normalized spacial score (nSPS) is 13.1. The van der Waals surface area contributed by atoms with Gasteiger partial charge in [-0.05, 0) is 29.8 Å². The second kappa shape index (κ2) is 8.19. The molecular formula is C16H14ClNO6S. The summed E-state index contributed by atoms with van der Waals surface area (Å²) >= 11 is 6.76. The van der Waals surface area contributed by atoms with Crippen LogP contribution in [-0.4, -0.2) is 34.3 Å². The molecule has 9 heteroatoms. The first kappa shape index (κ1) is 19.0. The van der Waals surface area contributed by atoms with Crippen LogP contribution in [0.3, 0.4) is 0 Å². The second-order valence-corrected chi connectivity index (χ2v) is 6.58. The van der Waals surface area contributed by atoms with Crippen molar-refractivity contribution in [2.75, 3.05) is 7.11 Å². The van der Waals surface area contributed by atoms with Crippen LogP contribution in [0.1, 0.15) is 10.8 Å². The maximum atomic E-state index is 11.3. The van der Waals surface area contributed by atoms with Crippen LogP contribution in [0, 0.1) is 10.1 Å². The van der Waals surface area contributed by atoms with Gasteiger partial charge < -0.3 is 14.9 Å². The molecule has 2 N–H and O–H groups in total. The van der Waals surface area contributed by atoms with E-state index in [1.165, 1.54) is 25.3 Å². The molecular weight excluding hydrogens is 370 g/mol. The minimum absolute atomic E-state index is 0.165. The Balaban J connectivity index is 2.45. The molecule has 0 amide bonds. The van der Waals surface area contributed by atoms with Gasteiger partial charge in [0.2, 0.25) is 0 Å². The first-order valence-corrected chi connectivity index (χ1v) is 8.24. The molecule has 2 aromatic carbocycles. The monoisotopic (exact) mass is 383 g/mol. The van der Waals surface area contributed by atoms with E-state index in [2.05, 4.69) is 0 Å². The van der Waals surface area contributed by atoms with Crippen molar-refractivity contribution >= 4 is 35.0 Å². The fourth-order valence-electron chi connectivity index (χ4n) is 2.11. The minimum Gasteiger partial charge on any atom is -0.497 e. The summed E-state index contributed by atoms with van der Waals surface area (Å²) in [6.45, 7) is 0. The summed E-state index contributed by atoms with van der Waals surface area (Å²) in [6.07, 6.45) is -1.77. The third kappa shape index (κ3) is 4.62. The van der Waals surface area contributed by atoms with Gasteiger partial charge in [0.25, 0.3) is 5.69 Å². The number of benzene rings is 2. The number of halogens is 1. The van der Waals surface area contributed by atoms with Crippen molar-refractivity contribution in [2.45, 2.75) is 16.2 Å². The highest BCUT2D eigenvalue weighted by Gasteiger charge is 2.30. The summed E-state index contributed by atoms with van der Waals surface area (Å²) in [7, 11) is 1.49. The Kier molecular flexibility index (Phi) is 6.24. The van der Waals surface area contributed by atoms with Crippen molar-refractivity contribution in [3.05, 3.63) is 63.2 Å². The van der Waals surface area contributed by atoms with E-state index in [9.17, 15) is 25.1 Å². The molecule has 0 aliphatic carbocycles. The number of rotatable bonds is 7. The van der Waals surface area contributed by atoms with E-state index in [0.29, 0.717) is 11.3 Å².